The summed E-state index contributed by atoms with van der Waals surface area (Å²) >= 11 is 0. The summed E-state index contributed by atoms with van der Waals surface area (Å²) in [5.74, 6) is -1.88. The lowest BCUT2D eigenvalue weighted by Gasteiger charge is -2.30. The van der Waals surface area contributed by atoms with Crippen LogP contribution in [0.25, 0.3) is 16.8 Å². The predicted molar refractivity (Wildman–Crippen MR) is 150 cm³/mol. The fraction of sp³-hybridized carbons (Fsp3) is 0.333. The highest BCUT2D eigenvalue weighted by molar-refractivity contribution is 7.86. The molecule has 2 aliphatic rings. The summed E-state index contributed by atoms with van der Waals surface area (Å²) in [4.78, 5) is 25.3. The van der Waals surface area contributed by atoms with Crippen molar-refractivity contribution in [3.05, 3.63) is 71.7 Å². The van der Waals surface area contributed by atoms with Crippen LogP contribution in [-0.2, 0) is 21.1 Å². The molecule has 12 nitrogen and oxygen atoms in total. The fourth-order valence-electron chi connectivity index (χ4n) is 5.68. The molecule has 3 atom stereocenters. The number of nitrogens with one attached hydrogen (secondary N) is 1. The SMILES string of the molecule is CN(C)S(=O)(=O)N1[C@@H]2COC[C@@H]2C[C@H]1c1nc(-c2ccc(C(=O)Nc3cc(C(F)(F)F)ccn3)cc2F)c2c(N)nccn12. The fourth-order valence-corrected chi connectivity index (χ4v) is 7.13. The van der Waals surface area contributed by atoms with E-state index in [1.165, 1.54) is 36.7 Å². The lowest BCUT2D eigenvalue weighted by molar-refractivity contribution is -0.137. The van der Waals surface area contributed by atoms with Gasteiger partial charge < -0.3 is 15.8 Å². The molecule has 2 fully saturated rings. The molecule has 0 bridgehead atoms. The van der Waals surface area contributed by atoms with Crippen LogP contribution in [0.1, 0.15) is 34.2 Å². The smallest absolute Gasteiger partial charge is 0.382 e. The molecule has 3 N–H and O–H groups in total. The standard InChI is InChI=1S/C27H26F4N8O4S/c1-37(2)44(41,42)39-19(10-15-12-43-13-20(15)39)25-36-22(23-24(32)34-7-8-38(23)25)17-4-3-14(9-18(17)28)26(40)35-21-11-16(5-6-33-21)27(29,30)31/h3-9,11,15,19-20H,10,12-13H2,1-2H3,(H2,32,34)(H,33,35,40)/t15-,19-,20+/m0/s1. The van der Waals surface area contributed by atoms with Crippen LogP contribution in [0, 0.1) is 11.7 Å². The quantitative estimate of drug-likeness (QED) is 0.307. The Morgan fingerprint density at radius 1 is 1.14 bits per heavy atom. The molecule has 0 unspecified atom stereocenters. The number of pyridine rings is 1. The number of alkyl halides is 3. The van der Waals surface area contributed by atoms with E-state index in [0.717, 1.165) is 22.6 Å². The zero-order valence-electron chi connectivity index (χ0n) is 23.3. The largest absolute Gasteiger partial charge is 0.416 e. The molecule has 3 aromatic heterocycles. The number of rotatable bonds is 6. The van der Waals surface area contributed by atoms with Crippen molar-refractivity contribution in [3.8, 4) is 11.3 Å². The maximum Gasteiger partial charge on any atom is 0.416 e. The molecule has 2 saturated heterocycles. The van der Waals surface area contributed by atoms with Crippen LogP contribution in [0.5, 0.6) is 0 Å². The minimum Gasteiger partial charge on any atom is -0.382 e. The van der Waals surface area contributed by atoms with Crippen LogP contribution >= 0.6 is 0 Å². The summed E-state index contributed by atoms with van der Waals surface area (Å²) in [6.45, 7) is 0.608. The second kappa shape index (κ2) is 10.8. The topological polar surface area (TPSA) is 148 Å². The minimum atomic E-state index is -4.64. The molecule has 5 heterocycles. The number of nitrogens with two attached hydrogens (primary N) is 1. The third kappa shape index (κ3) is 5.04. The van der Waals surface area contributed by atoms with E-state index in [0.29, 0.717) is 24.9 Å². The van der Waals surface area contributed by atoms with Gasteiger partial charge in [0.25, 0.3) is 16.1 Å². The van der Waals surface area contributed by atoms with Crippen molar-refractivity contribution in [2.75, 3.05) is 38.4 Å². The predicted octanol–water partition coefficient (Wildman–Crippen LogP) is 3.35. The molecule has 0 aliphatic carbocycles. The first kappa shape index (κ1) is 29.9. The minimum absolute atomic E-state index is 0.0154. The number of fused-ring (bicyclic) bond motifs is 2. The van der Waals surface area contributed by atoms with Crippen molar-refractivity contribution in [3.63, 3.8) is 0 Å². The first-order valence-electron chi connectivity index (χ1n) is 13.3. The Labute approximate surface area is 248 Å². The van der Waals surface area contributed by atoms with Gasteiger partial charge in [-0.2, -0.15) is 30.2 Å². The molecule has 4 aromatic rings. The maximum absolute atomic E-state index is 15.7. The first-order valence-corrected chi connectivity index (χ1v) is 14.7. The number of ether oxygens (including phenoxy) is 1. The maximum atomic E-state index is 15.7. The summed E-state index contributed by atoms with van der Waals surface area (Å²) in [6.07, 6.45) is -0.351. The third-order valence-electron chi connectivity index (χ3n) is 7.78. The van der Waals surface area contributed by atoms with Gasteiger partial charge >= 0.3 is 6.18 Å². The molecule has 0 saturated carbocycles. The Kier molecular flexibility index (Phi) is 7.30. The van der Waals surface area contributed by atoms with E-state index in [1.54, 1.807) is 10.6 Å². The highest BCUT2D eigenvalue weighted by atomic mass is 32.2. The number of hydrogen-bond acceptors (Lipinski definition) is 8. The number of hydrogen-bond donors (Lipinski definition) is 2. The van der Waals surface area contributed by atoms with E-state index in [9.17, 15) is 26.4 Å². The van der Waals surface area contributed by atoms with E-state index in [4.69, 9.17) is 15.5 Å². The van der Waals surface area contributed by atoms with Crippen molar-refractivity contribution >= 4 is 33.3 Å². The lowest BCUT2D eigenvalue weighted by atomic mass is 10.0. The second-order valence-electron chi connectivity index (χ2n) is 10.7. The zero-order chi connectivity index (χ0) is 31.6. The number of nitrogen functional groups attached to an aromatic ring is 1. The van der Waals surface area contributed by atoms with Crippen molar-refractivity contribution in [1.82, 2.24) is 28.0 Å². The summed E-state index contributed by atoms with van der Waals surface area (Å²) in [7, 11) is -1.06. The van der Waals surface area contributed by atoms with Gasteiger partial charge in [-0.1, -0.05) is 0 Å². The van der Waals surface area contributed by atoms with Gasteiger partial charge in [0.05, 0.1) is 30.9 Å². The summed E-state index contributed by atoms with van der Waals surface area (Å²) in [5, 5.41) is 2.24. The lowest BCUT2D eigenvalue weighted by Crippen LogP contribution is -2.45. The van der Waals surface area contributed by atoms with E-state index < -0.39 is 45.8 Å². The van der Waals surface area contributed by atoms with Gasteiger partial charge in [0.1, 0.15) is 34.5 Å². The van der Waals surface area contributed by atoms with Crippen LogP contribution in [-0.4, -0.2) is 75.6 Å². The normalized spacial score (nSPS) is 20.8. The number of imidazole rings is 1. The van der Waals surface area contributed by atoms with Crippen LogP contribution in [0.2, 0.25) is 0 Å². The van der Waals surface area contributed by atoms with Crippen LogP contribution in [0.3, 0.4) is 0 Å². The molecular weight excluding hydrogens is 608 g/mol. The molecule has 44 heavy (non-hydrogen) atoms. The van der Waals surface area contributed by atoms with Gasteiger partial charge in [0, 0.05) is 49.7 Å². The molecule has 232 valence electrons. The van der Waals surface area contributed by atoms with Crippen molar-refractivity contribution in [1.29, 1.82) is 0 Å². The monoisotopic (exact) mass is 634 g/mol. The van der Waals surface area contributed by atoms with Crippen LogP contribution in [0.4, 0.5) is 29.2 Å². The molecule has 1 aromatic carbocycles. The molecule has 0 spiro atoms. The van der Waals surface area contributed by atoms with E-state index in [1.807, 2.05) is 0 Å². The number of aromatic nitrogens is 4. The van der Waals surface area contributed by atoms with Crippen molar-refractivity contribution in [2.45, 2.75) is 24.7 Å². The van der Waals surface area contributed by atoms with E-state index in [2.05, 4.69) is 15.3 Å². The van der Waals surface area contributed by atoms with Gasteiger partial charge in [-0.25, -0.2) is 19.3 Å². The zero-order valence-corrected chi connectivity index (χ0v) is 24.1. The third-order valence-corrected chi connectivity index (χ3v) is 9.76. The van der Waals surface area contributed by atoms with Crippen LogP contribution in [0.15, 0.2) is 48.9 Å². The van der Waals surface area contributed by atoms with Crippen molar-refractivity contribution < 1.29 is 35.5 Å². The van der Waals surface area contributed by atoms with Gasteiger partial charge in [0.2, 0.25) is 0 Å². The Morgan fingerprint density at radius 2 is 1.91 bits per heavy atom. The number of amides is 1. The summed E-state index contributed by atoms with van der Waals surface area (Å²) in [5.41, 5.74) is 5.29. The van der Waals surface area contributed by atoms with Crippen LogP contribution < -0.4 is 11.1 Å². The summed E-state index contributed by atoms with van der Waals surface area (Å²) in [6, 6.07) is 3.76. The summed E-state index contributed by atoms with van der Waals surface area (Å²) < 4.78 is 91.4. The van der Waals surface area contributed by atoms with Crippen molar-refractivity contribution in [2.24, 2.45) is 5.92 Å². The number of benzene rings is 1. The van der Waals surface area contributed by atoms with E-state index >= 15 is 4.39 Å². The second-order valence-corrected chi connectivity index (χ2v) is 12.7. The Balaban J connectivity index is 1.38. The highest BCUT2D eigenvalue weighted by Crippen LogP contribution is 2.46. The Morgan fingerprint density at radius 3 is 2.61 bits per heavy atom. The molecule has 1 amide bonds. The number of nitrogens with zero attached hydrogens (tertiary/aromatic N) is 6. The molecular formula is C27H26F4N8O4S. The number of halogens is 4. The molecule has 6 rings (SSSR count). The number of anilines is 2. The van der Waals surface area contributed by atoms with E-state index in [-0.39, 0.29) is 46.5 Å². The van der Waals surface area contributed by atoms with Gasteiger partial charge in [-0.05, 0) is 36.8 Å². The Bertz CT molecular complexity index is 1880. The highest BCUT2D eigenvalue weighted by Gasteiger charge is 2.52. The molecule has 2 aliphatic heterocycles. The molecule has 17 heteroatoms. The number of carbonyl (C=O) groups excluding carboxylic acids is 1. The average molecular weight is 635 g/mol. The van der Waals surface area contributed by atoms with Gasteiger partial charge in [0.15, 0.2) is 0 Å². The molecule has 0 radical (unpaired) electrons. The van der Waals surface area contributed by atoms with Gasteiger partial charge in [-0.15, -0.1) is 0 Å². The average Bonchev–Trinajstić information content (AvgIpc) is 3.66. The first-order chi connectivity index (χ1) is 20.8. The Hall–Kier alpha value is -4.19. The van der Waals surface area contributed by atoms with Gasteiger partial charge in [-0.3, -0.25) is 9.20 Å². The number of carbonyl (C=O) groups is 1.